The third kappa shape index (κ3) is 4.51. The molecule has 2 rings (SSSR count). The van der Waals surface area contributed by atoms with Gasteiger partial charge < -0.3 is 14.2 Å². The summed E-state index contributed by atoms with van der Waals surface area (Å²) < 4.78 is 16.2. The zero-order valence-corrected chi connectivity index (χ0v) is 11.9. The summed E-state index contributed by atoms with van der Waals surface area (Å²) in [6.07, 6.45) is 0. The Kier molecular flexibility index (Phi) is 5.62. The summed E-state index contributed by atoms with van der Waals surface area (Å²) in [7, 11) is 1.55. The van der Waals surface area contributed by atoms with Crippen LogP contribution in [-0.2, 0) is 11.3 Å². The molecule has 0 saturated heterocycles. The monoisotopic (exact) mass is 283 g/mol. The molecule has 4 nitrogen and oxygen atoms in total. The lowest BCUT2D eigenvalue weighted by molar-refractivity contribution is 0.0889. The highest BCUT2D eigenvalue weighted by Crippen LogP contribution is 2.19. The molecule has 0 aliphatic rings. The van der Waals surface area contributed by atoms with E-state index in [4.69, 9.17) is 19.5 Å². The van der Waals surface area contributed by atoms with Crippen LogP contribution in [0.25, 0.3) is 0 Å². The molecule has 21 heavy (non-hydrogen) atoms. The standard InChI is InChI=1S/C17H17NO3/c1-19-17-8-7-14(11-15(17)12-18)13-20-9-10-21-16-5-3-2-4-6-16/h2-8,11H,9-10,13H2,1H3. The average molecular weight is 283 g/mol. The lowest BCUT2D eigenvalue weighted by Crippen LogP contribution is -2.06. The Bertz CT molecular complexity index is 605. The predicted molar refractivity (Wildman–Crippen MR) is 79.3 cm³/mol. The fourth-order valence-corrected chi connectivity index (χ4v) is 1.86. The second-order valence-electron chi connectivity index (χ2n) is 4.36. The van der Waals surface area contributed by atoms with Gasteiger partial charge in [0.15, 0.2) is 0 Å². The number of nitriles is 1. The molecule has 0 radical (unpaired) electrons. The molecule has 0 spiro atoms. The minimum absolute atomic E-state index is 0.441. The number of hydrogen-bond donors (Lipinski definition) is 0. The van der Waals surface area contributed by atoms with Crippen LogP contribution in [0.15, 0.2) is 48.5 Å². The molecule has 0 N–H and O–H groups in total. The number of hydrogen-bond acceptors (Lipinski definition) is 4. The van der Waals surface area contributed by atoms with Gasteiger partial charge in [0.25, 0.3) is 0 Å². The highest BCUT2D eigenvalue weighted by atomic mass is 16.5. The Morgan fingerprint density at radius 1 is 1.05 bits per heavy atom. The van der Waals surface area contributed by atoms with E-state index in [2.05, 4.69) is 6.07 Å². The second kappa shape index (κ2) is 7.93. The number of ether oxygens (including phenoxy) is 3. The summed E-state index contributed by atoms with van der Waals surface area (Å²) in [6, 6.07) is 17.2. The zero-order valence-electron chi connectivity index (χ0n) is 11.9. The maximum absolute atomic E-state index is 9.02. The van der Waals surface area contributed by atoms with E-state index in [1.165, 1.54) is 0 Å². The van der Waals surface area contributed by atoms with E-state index >= 15 is 0 Å². The van der Waals surface area contributed by atoms with Crippen LogP contribution in [0.5, 0.6) is 11.5 Å². The fraction of sp³-hybridized carbons (Fsp3) is 0.235. The first kappa shape index (κ1) is 14.9. The molecule has 2 aromatic rings. The Morgan fingerprint density at radius 3 is 2.57 bits per heavy atom. The van der Waals surface area contributed by atoms with E-state index < -0.39 is 0 Å². The van der Waals surface area contributed by atoms with Gasteiger partial charge in [0.2, 0.25) is 0 Å². The summed E-state index contributed by atoms with van der Waals surface area (Å²) in [6.45, 7) is 1.42. The number of methoxy groups -OCH3 is 1. The largest absolute Gasteiger partial charge is 0.495 e. The van der Waals surface area contributed by atoms with E-state index in [1.54, 1.807) is 19.2 Å². The average Bonchev–Trinajstić information content (AvgIpc) is 2.55. The van der Waals surface area contributed by atoms with Crippen molar-refractivity contribution in [2.24, 2.45) is 0 Å². The van der Waals surface area contributed by atoms with Crippen LogP contribution in [0.1, 0.15) is 11.1 Å². The number of para-hydroxylation sites is 1. The van der Waals surface area contributed by atoms with Crippen molar-refractivity contribution in [3.8, 4) is 17.6 Å². The summed E-state index contributed by atoms with van der Waals surface area (Å²) in [5, 5.41) is 9.02. The molecule has 4 heteroatoms. The molecular weight excluding hydrogens is 266 g/mol. The molecule has 0 fully saturated rings. The van der Waals surface area contributed by atoms with Gasteiger partial charge >= 0.3 is 0 Å². The normalized spacial score (nSPS) is 9.90. The van der Waals surface area contributed by atoms with Crippen LogP contribution in [0.3, 0.4) is 0 Å². The third-order valence-corrected chi connectivity index (χ3v) is 2.89. The van der Waals surface area contributed by atoms with Crippen LogP contribution in [0.2, 0.25) is 0 Å². The highest BCUT2D eigenvalue weighted by Gasteiger charge is 2.03. The summed E-state index contributed by atoms with van der Waals surface area (Å²) >= 11 is 0. The quantitative estimate of drug-likeness (QED) is 0.732. The van der Waals surface area contributed by atoms with Gasteiger partial charge in [-0.3, -0.25) is 0 Å². The van der Waals surface area contributed by atoms with E-state index in [1.807, 2.05) is 36.4 Å². The predicted octanol–water partition coefficient (Wildman–Crippen LogP) is 3.16. The van der Waals surface area contributed by atoms with Crippen LogP contribution in [-0.4, -0.2) is 20.3 Å². The van der Waals surface area contributed by atoms with Crippen LogP contribution < -0.4 is 9.47 Å². The number of benzene rings is 2. The lowest BCUT2D eigenvalue weighted by atomic mass is 10.1. The van der Waals surface area contributed by atoms with Crippen molar-refractivity contribution in [3.63, 3.8) is 0 Å². The summed E-state index contributed by atoms with van der Waals surface area (Å²) in [4.78, 5) is 0. The van der Waals surface area contributed by atoms with Crippen molar-refractivity contribution in [1.29, 1.82) is 5.26 Å². The molecular formula is C17H17NO3. The molecule has 0 aliphatic heterocycles. The van der Waals surface area contributed by atoms with Crippen LogP contribution in [0.4, 0.5) is 0 Å². The van der Waals surface area contributed by atoms with Crippen molar-refractivity contribution < 1.29 is 14.2 Å². The van der Waals surface area contributed by atoms with Crippen molar-refractivity contribution in [2.75, 3.05) is 20.3 Å². The highest BCUT2D eigenvalue weighted by molar-refractivity contribution is 5.45. The Hall–Kier alpha value is -2.51. The smallest absolute Gasteiger partial charge is 0.136 e. The van der Waals surface area contributed by atoms with Gasteiger partial charge in [-0.1, -0.05) is 24.3 Å². The van der Waals surface area contributed by atoms with Gasteiger partial charge in [-0.05, 0) is 29.8 Å². The maximum Gasteiger partial charge on any atom is 0.136 e. The molecule has 0 bridgehead atoms. The third-order valence-electron chi connectivity index (χ3n) is 2.89. The van der Waals surface area contributed by atoms with Gasteiger partial charge in [0.05, 0.1) is 25.9 Å². The van der Waals surface area contributed by atoms with Crippen molar-refractivity contribution in [3.05, 3.63) is 59.7 Å². The minimum atomic E-state index is 0.441. The summed E-state index contributed by atoms with van der Waals surface area (Å²) in [5.41, 5.74) is 1.45. The molecule has 0 aromatic heterocycles. The van der Waals surface area contributed by atoms with Crippen molar-refractivity contribution >= 4 is 0 Å². The SMILES string of the molecule is COc1ccc(COCCOc2ccccc2)cc1C#N. The number of nitrogens with zero attached hydrogens (tertiary/aromatic N) is 1. The van der Waals surface area contributed by atoms with Crippen LogP contribution >= 0.6 is 0 Å². The molecule has 0 heterocycles. The van der Waals surface area contributed by atoms with Crippen molar-refractivity contribution in [2.45, 2.75) is 6.61 Å². The van der Waals surface area contributed by atoms with E-state index in [0.717, 1.165) is 11.3 Å². The zero-order chi connectivity index (χ0) is 14.9. The van der Waals surface area contributed by atoms with E-state index in [9.17, 15) is 0 Å². The van der Waals surface area contributed by atoms with E-state index in [-0.39, 0.29) is 0 Å². The Labute approximate surface area is 124 Å². The topological polar surface area (TPSA) is 51.5 Å². The lowest BCUT2D eigenvalue weighted by Gasteiger charge is -2.08. The molecule has 0 unspecified atom stereocenters. The molecule has 0 atom stereocenters. The Morgan fingerprint density at radius 2 is 1.86 bits per heavy atom. The van der Waals surface area contributed by atoms with Gasteiger partial charge in [-0.15, -0.1) is 0 Å². The second-order valence-corrected chi connectivity index (χ2v) is 4.36. The van der Waals surface area contributed by atoms with Gasteiger partial charge in [-0.2, -0.15) is 5.26 Å². The van der Waals surface area contributed by atoms with Crippen molar-refractivity contribution in [1.82, 2.24) is 0 Å². The molecule has 0 saturated carbocycles. The molecule has 0 aliphatic carbocycles. The van der Waals surface area contributed by atoms with Gasteiger partial charge in [0.1, 0.15) is 24.2 Å². The molecule has 2 aromatic carbocycles. The molecule has 0 amide bonds. The van der Waals surface area contributed by atoms with Gasteiger partial charge in [0, 0.05) is 0 Å². The first-order chi connectivity index (χ1) is 10.3. The fourth-order valence-electron chi connectivity index (χ4n) is 1.86. The Balaban J connectivity index is 1.75. The first-order valence-corrected chi connectivity index (χ1v) is 6.66. The molecule has 108 valence electrons. The van der Waals surface area contributed by atoms with Crippen LogP contribution in [0, 0.1) is 11.3 Å². The number of rotatable bonds is 7. The first-order valence-electron chi connectivity index (χ1n) is 6.66. The van der Waals surface area contributed by atoms with E-state index in [0.29, 0.717) is 31.1 Å². The summed E-state index contributed by atoms with van der Waals surface area (Å²) in [5.74, 6) is 1.41. The minimum Gasteiger partial charge on any atom is -0.495 e. The van der Waals surface area contributed by atoms with Gasteiger partial charge in [-0.25, -0.2) is 0 Å². The maximum atomic E-state index is 9.02.